The second-order valence-electron chi connectivity index (χ2n) is 5.73. The van der Waals surface area contributed by atoms with Gasteiger partial charge in [-0.15, -0.1) is 0 Å². The van der Waals surface area contributed by atoms with Gasteiger partial charge in [-0.3, -0.25) is 0 Å². The summed E-state index contributed by atoms with van der Waals surface area (Å²) in [7, 11) is -3.88. The van der Waals surface area contributed by atoms with Gasteiger partial charge in [0.1, 0.15) is 16.4 Å². The molecule has 0 aliphatic rings. The lowest BCUT2D eigenvalue weighted by Gasteiger charge is -2.17. The van der Waals surface area contributed by atoms with Gasteiger partial charge in [-0.2, -0.15) is 0 Å². The maximum Gasteiger partial charge on any atom is 0.211 e. The highest BCUT2D eigenvalue weighted by atomic mass is 32.2. The van der Waals surface area contributed by atoms with E-state index in [0.717, 1.165) is 5.56 Å². The molecule has 0 saturated heterocycles. The molecule has 2 aromatic rings. The first-order valence-electron chi connectivity index (χ1n) is 6.92. The van der Waals surface area contributed by atoms with Crippen LogP contribution in [0.1, 0.15) is 27.8 Å². The molecular formula is C17H20O4S. The smallest absolute Gasteiger partial charge is 0.211 e. The van der Waals surface area contributed by atoms with E-state index in [1.54, 1.807) is 40.7 Å². The largest absolute Gasteiger partial charge is 0.508 e. The second kappa shape index (κ2) is 5.32. The minimum atomic E-state index is -3.88. The third-order valence-electron chi connectivity index (χ3n) is 3.94. The Balaban J connectivity index is 2.87. The molecule has 0 saturated carbocycles. The molecule has 0 bridgehead atoms. The van der Waals surface area contributed by atoms with E-state index in [0.29, 0.717) is 22.3 Å². The molecule has 0 aliphatic heterocycles. The zero-order valence-corrected chi connectivity index (χ0v) is 14.2. The molecule has 0 unspecified atom stereocenters. The molecule has 0 fully saturated rings. The van der Waals surface area contributed by atoms with Crippen LogP contribution in [0.15, 0.2) is 28.0 Å². The van der Waals surface area contributed by atoms with Gasteiger partial charge in [0.2, 0.25) is 9.84 Å². The number of aromatic hydroxyl groups is 2. The van der Waals surface area contributed by atoms with Crippen LogP contribution in [0, 0.1) is 34.6 Å². The zero-order valence-electron chi connectivity index (χ0n) is 13.4. The second-order valence-corrected chi connectivity index (χ2v) is 7.55. The van der Waals surface area contributed by atoms with Gasteiger partial charge in [-0.05, 0) is 74.6 Å². The predicted octanol–water partition coefficient (Wildman–Crippen LogP) is 3.47. The number of hydrogen-bond donors (Lipinski definition) is 2. The standard InChI is InChI=1S/C17H20O4S/c1-9-6-10(2)17(15(19)7-9)22(20,21)16-11(3)8-14(18)12(4)13(16)5/h6-8,18-19H,1-5H3. The lowest BCUT2D eigenvalue weighted by Crippen LogP contribution is -2.10. The fourth-order valence-corrected chi connectivity index (χ4v) is 4.89. The third kappa shape index (κ3) is 2.46. The summed E-state index contributed by atoms with van der Waals surface area (Å²) in [6.45, 7) is 8.43. The molecule has 0 spiro atoms. The first kappa shape index (κ1) is 16.4. The number of aryl methyl sites for hydroxylation is 3. The zero-order chi connectivity index (χ0) is 16.8. The van der Waals surface area contributed by atoms with Gasteiger partial charge in [-0.1, -0.05) is 6.07 Å². The van der Waals surface area contributed by atoms with Crippen LogP contribution in [0.3, 0.4) is 0 Å². The highest BCUT2D eigenvalue weighted by Gasteiger charge is 2.28. The third-order valence-corrected chi connectivity index (χ3v) is 6.17. The SMILES string of the molecule is Cc1cc(C)c(S(=O)(=O)c2c(C)cc(O)c(C)c2C)c(O)c1. The molecule has 2 N–H and O–H groups in total. The van der Waals surface area contributed by atoms with Gasteiger partial charge < -0.3 is 10.2 Å². The minimum Gasteiger partial charge on any atom is -0.508 e. The lowest BCUT2D eigenvalue weighted by atomic mass is 10.1. The van der Waals surface area contributed by atoms with E-state index in [-0.39, 0.29) is 21.3 Å². The maximum atomic E-state index is 13.1. The molecular weight excluding hydrogens is 300 g/mol. The summed E-state index contributed by atoms with van der Waals surface area (Å²) in [5.41, 5.74) is 2.77. The normalized spacial score (nSPS) is 11.7. The average Bonchev–Trinajstić information content (AvgIpc) is 2.33. The number of hydrogen-bond acceptors (Lipinski definition) is 4. The number of phenols is 2. The van der Waals surface area contributed by atoms with E-state index in [2.05, 4.69) is 0 Å². The van der Waals surface area contributed by atoms with Gasteiger partial charge in [0.05, 0.1) is 4.90 Å². The average molecular weight is 320 g/mol. The molecule has 5 heteroatoms. The molecule has 0 aromatic heterocycles. The van der Waals surface area contributed by atoms with Crippen molar-refractivity contribution >= 4 is 9.84 Å². The van der Waals surface area contributed by atoms with Crippen molar-refractivity contribution in [3.63, 3.8) is 0 Å². The van der Waals surface area contributed by atoms with Gasteiger partial charge >= 0.3 is 0 Å². The summed E-state index contributed by atoms with van der Waals surface area (Å²) in [6.07, 6.45) is 0. The Morgan fingerprint density at radius 1 is 0.727 bits per heavy atom. The van der Waals surface area contributed by atoms with E-state index >= 15 is 0 Å². The monoisotopic (exact) mass is 320 g/mol. The number of benzene rings is 2. The first-order valence-corrected chi connectivity index (χ1v) is 8.40. The summed E-state index contributed by atoms with van der Waals surface area (Å²) in [4.78, 5) is 0.0689. The Bertz CT molecular complexity index is 842. The highest BCUT2D eigenvalue weighted by Crippen LogP contribution is 2.38. The van der Waals surface area contributed by atoms with Crippen molar-refractivity contribution in [2.24, 2.45) is 0 Å². The van der Waals surface area contributed by atoms with Crippen molar-refractivity contribution < 1.29 is 18.6 Å². The molecule has 0 amide bonds. The van der Waals surface area contributed by atoms with E-state index < -0.39 is 9.84 Å². The van der Waals surface area contributed by atoms with Crippen molar-refractivity contribution in [1.82, 2.24) is 0 Å². The Labute approximate surface area is 131 Å². The van der Waals surface area contributed by atoms with Gasteiger partial charge in [0.15, 0.2) is 0 Å². The summed E-state index contributed by atoms with van der Waals surface area (Å²) >= 11 is 0. The summed E-state index contributed by atoms with van der Waals surface area (Å²) in [5, 5.41) is 20.0. The van der Waals surface area contributed by atoms with Gasteiger partial charge in [0, 0.05) is 0 Å². The summed E-state index contributed by atoms with van der Waals surface area (Å²) in [6, 6.07) is 4.61. The molecule has 0 radical (unpaired) electrons. The van der Waals surface area contributed by atoms with Crippen LogP contribution in [0.5, 0.6) is 11.5 Å². The van der Waals surface area contributed by atoms with Crippen LogP contribution < -0.4 is 0 Å². The molecule has 2 aromatic carbocycles. The fourth-order valence-electron chi connectivity index (χ4n) is 2.83. The van der Waals surface area contributed by atoms with Crippen molar-refractivity contribution in [2.45, 2.75) is 44.4 Å². The van der Waals surface area contributed by atoms with E-state index in [9.17, 15) is 18.6 Å². The van der Waals surface area contributed by atoms with Crippen molar-refractivity contribution in [3.8, 4) is 11.5 Å². The van der Waals surface area contributed by atoms with Crippen LogP contribution in [0.2, 0.25) is 0 Å². The lowest BCUT2D eigenvalue weighted by molar-refractivity contribution is 0.457. The van der Waals surface area contributed by atoms with Gasteiger partial charge in [-0.25, -0.2) is 8.42 Å². The predicted molar refractivity (Wildman–Crippen MR) is 85.4 cm³/mol. The van der Waals surface area contributed by atoms with E-state index in [1.807, 2.05) is 0 Å². The van der Waals surface area contributed by atoms with Crippen LogP contribution in [0.4, 0.5) is 0 Å². The minimum absolute atomic E-state index is 0.0683. The van der Waals surface area contributed by atoms with Crippen LogP contribution >= 0.6 is 0 Å². The molecule has 0 aliphatic carbocycles. The van der Waals surface area contributed by atoms with Crippen molar-refractivity contribution in [3.05, 3.63) is 46.0 Å². The number of sulfone groups is 1. The van der Waals surface area contributed by atoms with Gasteiger partial charge in [0.25, 0.3) is 0 Å². The van der Waals surface area contributed by atoms with Crippen LogP contribution in [-0.4, -0.2) is 18.6 Å². The molecule has 0 atom stereocenters. The van der Waals surface area contributed by atoms with Crippen molar-refractivity contribution in [2.75, 3.05) is 0 Å². The molecule has 22 heavy (non-hydrogen) atoms. The van der Waals surface area contributed by atoms with Crippen molar-refractivity contribution in [1.29, 1.82) is 0 Å². The Kier molecular flexibility index (Phi) is 3.96. The van der Waals surface area contributed by atoms with E-state index in [1.165, 1.54) is 12.1 Å². The number of phenolic OH excluding ortho intramolecular Hbond substituents is 2. The maximum absolute atomic E-state index is 13.1. The first-order chi connectivity index (χ1) is 10.1. The van der Waals surface area contributed by atoms with Crippen LogP contribution in [0.25, 0.3) is 0 Å². The van der Waals surface area contributed by atoms with Crippen LogP contribution in [-0.2, 0) is 9.84 Å². The summed E-state index contributed by atoms with van der Waals surface area (Å²) in [5.74, 6) is -0.180. The number of rotatable bonds is 2. The molecule has 0 heterocycles. The Hall–Kier alpha value is -2.01. The highest BCUT2D eigenvalue weighted by molar-refractivity contribution is 7.91. The molecule has 4 nitrogen and oxygen atoms in total. The summed E-state index contributed by atoms with van der Waals surface area (Å²) < 4.78 is 26.1. The topological polar surface area (TPSA) is 74.6 Å². The fraction of sp³-hybridized carbons (Fsp3) is 0.294. The quantitative estimate of drug-likeness (QED) is 0.888. The Morgan fingerprint density at radius 3 is 1.82 bits per heavy atom. The van der Waals surface area contributed by atoms with E-state index in [4.69, 9.17) is 0 Å². The molecule has 118 valence electrons. The molecule has 2 rings (SSSR count). The Morgan fingerprint density at radius 2 is 1.27 bits per heavy atom.